The maximum atomic E-state index is 11.7. The molecule has 0 aromatic carbocycles. The van der Waals surface area contributed by atoms with Gasteiger partial charge in [-0.15, -0.1) is 0 Å². The Balaban J connectivity index is 2.54. The number of rotatable bonds is 3. The molecular formula is C12H15N3O2. The van der Waals surface area contributed by atoms with Gasteiger partial charge in [-0.3, -0.25) is 0 Å². The molecule has 0 aliphatic heterocycles. The van der Waals surface area contributed by atoms with Gasteiger partial charge in [0.05, 0.1) is 18.4 Å². The maximum absolute atomic E-state index is 11.7. The third-order valence-corrected chi connectivity index (χ3v) is 2.73. The molecule has 17 heavy (non-hydrogen) atoms. The molecular weight excluding hydrogens is 218 g/mol. The second kappa shape index (κ2) is 4.53. The van der Waals surface area contributed by atoms with Crippen LogP contribution in [0.25, 0.3) is 11.0 Å². The van der Waals surface area contributed by atoms with Crippen molar-refractivity contribution in [3.05, 3.63) is 23.5 Å². The number of nitrogens with zero attached hydrogens (tertiary/aromatic N) is 3. The van der Waals surface area contributed by atoms with Crippen LogP contribution in [0.15, 0.2) is 12.4 Å². The third kappa shape index (κ3) is 1.88. The predicted octanol–water partition coefficient (Wildman–Crippen LogP) is 1.94. The van der Waals surface area contributed by atoms with Crippen molar-refractivity contribution in [2.45, 2.75) is 27.3 Å². The average Bonchev–Trinajstić information content (AvgIpc) is 2.73. The Bertz CT molecular complexity index is 560. The standard InChI is InChI=1S/C12H15N3O2/c1-4-15-11-9(7-14-15)8(3)10(6-13-11)12(16)17-5-2/h6-7H,4-5H2,1-3H3. The van der Waals surface area contributed by atoms with Crippen LogP contribution in [-0.2, 0) is 11.3 Å². The van der Waals surface area contributed by atoms with E-state index in [2.05, 4.69) is 10.1 Å². The summed E-state index contributed by atoms with van der Waals surface area (Å²) in [5.41, 5.74) is 2.18. The zero-order chi connectivity index (χ0) is 12.4. The van der Waals surface area contributed by atoms with Crippen molar-refractivity contribution >= 4 is 17.0 Å². The topological polar surface area (TPSA) is 57.0 Å². The molecule has 0 atom stereocenters. The number of ether oxygens (including phenoxy) is 1. The molecule has 0 spiro atoms. The molecule has 0 unspecified atom stereocenters. The molecule has 0 fully saturated rings. The molecule has 0 amide bonds. The Morgan fingerprint density at radius 2 is 2.18 bits per heavy atom. The van der Waals surface area contributed by atoms with Gasteiger partial charge in [0.2, 0.25) is 0 Å². The van der Waals surface area contributed by atoms with E-state index >= 15 is 0 Å². The quantitative estimate of drug-likeness (QED) is 0.760. The number of aromatic nitrogens is 3. The van der Waals surface area contributed by atoms with Crippen LogP contribution in [0, 0.1) is 6.92 Å². The van der Waals surface area contributed by atoms with E-state index in [-0.39, 0.29) is 5.97 Å². The van der Waals surface area contributed by atoms with E-state index in [0.717, 1.165) is 23.1 Å². The van der Waals surface area contributed by atoms with E-state index < -0.39 is 0 Å². The zero-order valence-electron chi connectivity index (χ0n) is 10.2. The number of aryl methyl sites for hydroxylation is 2. The molecule has 2 aromatic heterocycles. The molecule has 2 rings (SSSR count). The van der Waals surface area contributed by atoms with Crippen molar-refractivity contribution in [3.63, 3.8) is 0 Å². The summed E-state index contributed by atoms with van der Waals surface area (Å²) in [6, 6.07) is 0. The van der Waals surface area contributed by atoms with Crippen molar-refractivity contribution in [2.75, 3.05) is 6.61 Å². The maximum Gasteiger partial charge on any atom is 0.339 e. The molecule has 0 aliphatic carbocycles. The number of pyridine rings is 1. The fraction of sp³-hybridized carbons (Fsp3) is 0.417. The lowest BCUT2D eigenvalue weighted by Gasteiger charge is -2.06. The van der Waals surface area contributed by atoms with Gasteiger partial charge >= 0.3 is 5.97 Å². The summed E-state index contributed by atoms with van der Waals surface area (Å²) in [6.45, 7) is 6.80. The predicted molar refractivity (Wildman–Crippen MR) is 63.9 cm³/mol. The van der Waals surface area contributed by atoms with E-state index in [1.807, 2.05) is 13.8 Å². The van der Waals surface area contributed by atoms with Crippen LogP contribution in [0.1, 0.15) is 29.8 Å². The first-order valence-electron chi connectivity index (χ1n) is 5.67. The fourth-order valence-electron chi connectivity index (χ4n) is 1.79. The molecule has 0 saturated heterocycles. The number of esters is 1. The molecule has 0 aliphatic rings. The molecule has 0 saturated carbocycles. The lowest BCUT2D eigenvalue weighted by molar-refractivity contribution is 0.0525. The van der Waals surface area contributed by atoms with Gasteiger partial charge in [-0.25, -0.2) is 14.5 Å². The van der Waals surface area contributed by atoms with Crippen molar-refractivity contribution in [1.29, 1.82) is 0 Å². The van der Waals surface area contributed by atoms with Crippen LogP contribution in [-0.4, -0.2) is 27.3 Å². The van der Waals surface area contributed by atoms with E-state index in [0.29, 0.717) is 12.2 Å². The zero-order valence-corrected chi connectivity index (χ0v) is 10.2. The van der Waals surface area contributed by atoms with Crippen LogP contribution in [0.4, 0.5) is 0 Å². The molecule has 2 aromatic rings. The van der Waals surface area contributed by atoms with Crippen molar-refractivity contribution in [3.8, 4) is 0 Å². The van der Waals surface area contributed by atoms with Gasteiger partial charge < -0.3 is 4.74 Å². The monoisotopic (exact) mass is 233 g/mol. The second-order valence-electron chi connectivity index (χ2n) is 3.71. The van der Waals surface area contributed by atoms with E-state index in [4.69, 9.17) is 4.74 Å². The van der Waals surface area contributed by atoms with Gasteiger partial charge in [-0.1, -0.05) is 0 Å². The Morgan fingerprint density at radius 3 is 2.82 bits per heavy atom. The van der Waals surface area contributed by atoms with Crippen molar-refractivity contribution in [2.24, 2.45) is 0 Å². The largest absolute Gasteiger partial charge is 0.462 e. The Labute approximate surface area is 99.4 Å². The highest BCUT2D eigenvalue weighted by atomic mass is 16.5. The number of hydrogen-bond acceptors (Lipinski definition) is 4. The van der Waals surface area contributed by atoms with Crippen LogP contribution < -0.4 is 0 Å². The lowest BCUT2D eigenvalue weighted by atomic mass is 10.1. The average molecular weight is 233 g/mol. The van der Waals surface area contributed by atoms with Crippen LogP contribution >= 0.6 is 0 Å². The molecule has 0 N–H and O–H groups in total. The van der Waals surface area contributed by atoms with Crippen LogP contribution in [0.2, 0.25) is 0 Å². The molecule has 5 nitrogen and oxygen atoms in total. The van der Waals surface area contributed by atoms with E-state index in [9.17, 15) is 4.79 Å². The number of carbonyl (C=O) groups is 1. The summed E-state index contributed by atoms with van der Waals surface area (Å²) in [5, 5.41) is 5.12. The number of fused-ring (bicyclic) bond motifs is 1. The summed E-state index contributed by atoms with van der Waals surface area (Å²) >= 11 is 0. The third-order valence-electron chi connectivity index (χ3n) is 2.73. The molecule has 90 valence electrons. The first-order chi connectivity index (χ1) is 8.19. The summed E-state index contributed by atoms with van der Waals surface area (Å²) in [4.78, 5) is 16.0. The Morgan fingerprint density at radius 1 is 1.41 bits per heavy atom. The number of hydrogen-bond donors (Lipinski definition) is 0. The highest BCUT2D eigenvalue weighted by molar-refractivity contribution is 5.96. The summed E-state index contributed by atoms with van der Waals surface area (Å²) in [6.07, 6.45) is 3.30. The highest BCUT2D eigenvalue weighted by Crippen LogP contribution is 2.20. The minimum absolute atomic E-state index is 0.330. The van der Waals surface area contributed by atoms with Crippen molar-refractivity contribution in [1.82, 2.24) is 14.8 Å². The summed E-state index contributed by atoms with van der Waals surface area (Å²) in [7, 11) is 0. The van der Waals surface area contributed by atoms with Gasteiger partial charge in [0, 0.05) is 18.1 Å². The minimum Gasteiger partial charge on any atom is -0.462 e. The van der Waals surface area contributed by atoms with Gasteiger partial charge in [0.15, 0.2) is 5.65 Å². The van der Waals surface area contributed by atoms with Gasteiger partial charge in [0.1, 0.15) is 0 Å². The lowest BCUT2D eigenvalue weighted by Crippen LogP contribution is -2.08. The normalized spacial score (nSPS) is 10.8. The molecule has 2 heterocycles. The first-order valence-corrected chi connectivity index (χ1v) is 5.67. The van der Waals surface area contributed by atoms with Crippen LogP contribution in [0.3, 0.4) is 0 Å². The molecule has 0 radical (unpaired) electrons. The minimum atomic E-state index is -0.330. The van der Waals surface area contributed by atoms with E-state index in [1.54, 1.807) is 24.0 Å². The van der Waals surface area contributed by atoms with Gasteiger partial charge in [-0.05, 0) is 26.3 Å². The van der Waals surface area contributed by atoms with Gasteiger partial charge in [0.25, 0.3) is 0 Å². The SMILES string of the molecule is CCOC(=O)c1cnc2c(cnn2CC)c1C. The summed E-state index contributed by atoms with van der Waals surface area (Å²) in [5.74, 6) is -0.330. The molecule has 5 heteroatoms. The first kappa shape index (κ1) is 11.6. The smallest absolute Gasteiger partial charge is 0.339 e. The second-order valence-corrected chi connectivity index (χ2v) is 3.71. The highest BCUT2D eigenvalue weighted by Gasteiger charge is 2.15. The van der Waals surface area contributed by atoms with Crippen LogP contribution in [0.5, 0.6) is 0 Å². The number of carbonyl (C=O) groups excluding carboxylic acids is 1. The fourth-order valence-corrected chi connectivity index (χ4v) is 1.79. The summed E-state index contributed by atoms with van der Waals surface area (Å²) < 4.78 is 6.79. The Hall–Kier alpha value is -1.91. The van der Waals surface area contributed by atoms with Crippen molar-refractivity contribution < 1.29 is 9.53 Å². The van der Waals surface area contributed by atoms with E-state index in [1.165, 1.54) is 0 Å². The van der Waals surface area contributed by atoms with Gasteiger partial charge in [-0.2, -0.15) is 5.10 Å². The Kier molecular flexibility index (Phi) is 3.08. The molecule has 0 bridgehead atoms.